The lowest BCUT2D eigenvalue weighted by atomic mass is 10.1. The summed E-state index contributed by atoms with van der Waals surface area (Å²) in [7, 11) is 3.08. The van der Waals surface area contributed by atoms with Gasteiger partial charge in [-0.3, -0.25) is 0 Å². The first-order valence-corrected chi connectivity index (χ1v) is 8.67. The maximum atomic E-state index is 12.7. The first-order valence-electron chi connectivity index (χ1n) is 8.67. The van der Waals surface area contributed by atoms with Crippen LogP contribution in [0.5, 0.6) is 17.5 Å². The summed E-state index contributed by atoms with van der Waals surface area (Å²) >= 11 is 0. The minimum atomic E-state index is -4.36. The summed E-state index contributed by atoms with van der Waals surface area (Å²) in [5.74, 6) is 1.37. The molecule has 0 aliphatic rings. The average Bonchev–Trinajstić information content (AvgIpc) is 2.71. The Morgan fingerprint density at radius 1 is 0.966 bits per heavy atom. The van der Waals surface area contributed by atoms with Crippen molar-refractivity contribution in [3.8, 4) is 28.8 Å². The third-order valence-electron chi connectivity index (χ3n) is 4.22. The van der Waals surface area contributed by atoms with Crippen LogP contribution in [0.4, 0.5) is 13.2 Å². The van der Waals surface area contributed by atoms with E-state index in [0.717, 1.165) is 23.3 Å². The fourth-order valence-corrected chi connectivity index (χ4v) is 2.73. The van der Waals surface area contributed by atoms with Crippen LogP contribution >= 0.6 is 0 Å². The van der Waals surface area contributed by atoms with E-state index in [0.29, 0.717) is 28.8 Å². The van der Waals surface area contributed by atoms with Gasteiger partial charge in [0, 0.05) is 23.4 Å². The average molecular weight is 404 g/mol. The van der Waals surface area contributed by atoms with Crippen molar-refractivity contribution in [2.45, 2.75) is 19.7 Å². The van der Waals surface area contributed by atoms with Crippen molar-refractivity contribution < 1.29 is 27.4 Å². The highest BCUT2D eigenvalue weighted by Crippen LogP contribution is 2.32. The number of benzene rings is 1. The number of nitrogens with zero attached hydrogens (tertiary/aromatic N) is 2. The van der Waals surface area contributed by atoms with Gasteiger partial charge in [-0.15, -0.1) is 0 Å². The SMILES string of the molecule is COc1ccc(OCc2ccc(C(F)(F)F)cc2)nc1-c1cnc(OC)c(C)c1. The molecule has 0 amide bonds. The molecule has 0 spiro atoms. The molecule has 0 aliphatic carbocycles. The maximum Gasteiger partial charge on any atom is 0.416 e. The standard InChI is InChI=1S/C21H19F3N2O3/c1-13-10-15(11-25-20(13)28-3)19-17(27-2)8-9-18(26-19)29-12-14-4-6-16(7-5-14)21(22,23)24/h4-11H,12H2,1-3H3. The molecule has 3 rings (SSSR count). The zero-order valence-electron chi connectivity index (χ0n) is 16.1. The van der Waals surface area contributed by atoms with Crippen molar-refractivity contribution in [2.75, 3.05) is 14.2 Å². The van der Waals surface area contributed by atoms with Crippen LogP contribution in [0.15, 0.2) is 48.7 Å². The summed E-state index contributed by atoms with van der Waals surface area (Å²) in [6.07, 6.45) is -2.74. The van der Waals surface area contributed by atoms with E-state index in [1.807, 2.05) is 13.0 Å². The topological polar surface area (TPSA) is 53.5 Å². The molecule has 29 heavy (non-hydrogen) atoms. The Balaban J connectivity index is 1.81. The van der Waals surface area contributed by atoms with Crippen molar-refractivity contribution in [3.63, 3.8) is 0 Å². The number of alkyl halides is 3. The molecule has 0 N–H and O–H groups in total. The van der Waals surface area contributed by atoms with Crippen molar-refractivity contribution >= 4 is 0 Å². The second kappa shape index (κ2) is 8.38. The lowest BCUT2D eigenvalue weighted by molar-refractivity contribution is -0.137. The Labute approximate surface area is 166 Å². The van der Waals surface area contributed by atoms with Gasteiger partial charge in [-0.05, 0) is 36.8 Å². The molecular weight excluding hydrogens is 385 g/mol. The molecule has 0 atom stereocenters. The molecule has 0 saturated carbocycles. The molecule has 8 heteroatoms. The third-order valence-corrected chi connectivity index (χ3v) is 4.22. The van der Waals surface area contributed by atoms with Crippen LogP contribution in [0.1, 0.15) is 16.7 Å². The van der Waals surface area contributed by atoms with Crippen molar-refractivity contribution in [1.29, 1.82) is 0 Å². The van der Waals surface area contributed by atoms with E-state index in [1.54, 1.807) is 25.4 Å². The van der Waals surface area contributed by atoms with Gasteiger partial charge in [0.15, 0.2) is 0 Å². The summed E-state index contributed by atoms with van der Waals surface area (Å²) in [5.41, 5.74) is 1.99. The molecule has 0 fully saturated rings. The van der Waals surface area contributed by atoms with Crippen LogP contribution in [0.2, 0.25) is 0 Å². The highest BCUT2D eigenvalue weighted by molar-refractivity contribution is 5.67. The first-order chi connectivity index (χ1) is 13.8. The number of aryl methyl sites for hydroxylation is 1. The second-order valence-electron chi connectivity index (χ2n) is 6.23. The predicted octanol–water partition coefficient (Wildman–Crippen LogP) is 5.07. The quantitative estimate of drug-likeness (QED) is 0.574. The molecule has 5 nitrogen and oxygen atoms in total. The second-order valence-corrected chi connectivity index (χ2v) is 6.23. The van der Waals surface area contributed by atoms with Gasteiger partial charge in [-0.2, -0.15) is 13.2 Å². The summed E-state index contributed by atoms with van der Waals surface area (Å²) in [5, 5.41) is 0. The number of halogens is 3. The van der Waals surface area contributed by atoms with E-state index >= 15 is 0 Å². The van der Waals surface area contributed by atoms with Gasteiger partial charge in [0.1, 0.15) is 18.1 Å². The van der Waals surface area contributed by atoms with Gasteiger partial charge in [0.2, 0.25) is 11.8 Å². The number of aromatic nitrogens is 2. The number of methoxy groups -OCH3 is 2. The number of ether oxygens (including phenoxy) is 3. The molecule has 152 valence electrons. The Bertz CT molecular complexity index is 989. The first kappa shape index (κ1) is 20.4. The van der Waals surface area contributed by atoms with Crippen LogP contribution in [0.3, 0.4) is 0 Å². The highest BCUT2D eigenvalue weighted by atomic mass is 19.4. The Morgan fingerprint density at radius 2 is 1.69 bits per heavy atom. The Kier molecular flexibility index (Phi) is 5.91. The number of hydrogen-bond donors (Lipinski definition) is 0. The number of pyridine rings is 2. The predicted molar refractivity (Wildman–Crippen MR) is 101 cm³/mol. The number of hydrogen-bond acceptors (Lipinski definition) is 5. The zero-order valence-corrected chi connectivity index (χ0v) is 16.1. The van der Waals surface area contributed by atoms with Gasteiger partial charge in [-0.1, -0.05) is 12.1 Å². The largest absolute Gasteiger partial charge is 0.494 e. The molecule has 3 aromatic rings. The minimum Gasteiger partial charge on any atom is -0.494 e. The third kappa shape index (κ3) is 4.77. The molecule has 1 aromatic carbocycles. The molecule has 2 heterocycles. The maximum absolute atomic E-state index is 12.7. The smallest absolute Gasteiger partial charge is 0.416 e. The molecule has 0 unspecified atom stereocenters. The summed E-state index contributed by atoms with van der Waals surface area (Å²) in [6.45, 7) is 1.95. The Hall–Kier alpha value is -3.29. The van der Waals surface area contributed by atoms with Crippen LogP contribution in [0, 0.1) is 6.92 Å². The molecule has 0 saturated heterocycles. The van der Waals surface area contributed by atoms with Crippen molar-refractivity contribution in [2.24, 2.45) is 0 Å². The van der Waals surface area contributed by atoms with Gasteiger partial charge in [0.05, 0.1) is 19.8 Å². The lowest BCUT2D eigenvalue weighted by Gasteiger charge is -2.12. The lowest BCUT2D eigenvalue weighted by Crippen LogP contribution is -2.05. The van der Waals surface area contributed by atoms with Crippen LogP contribution < -0.4 is 14.2 Å². The Morgan fingerprint density at radius 3 is 2.28 bits per heavy atom. The minimum absolute atomic E-state index is 0.0802. The van der Waals surface area contributed by atoms with Gasteiger partial charge >= 0.3 is 6.18 Å². The van der Waals surface area contributed by atoms with Gasteiger partial charge in [-0.25, -0.2) is 9.97 Å². The molecule has 0 bridgehead atoms. The normalized spacial score (nSPS) is 11.2. The summed E-state index contributed by atoms with van der Waals surface area (Å²) in [6, 6.07) is 10.0. The number of rotatable bonds is 6. The molecule has 0 radical (unpaired) electrons. The van der Waals surface area contributed by atoms with E-state index in [1.165, 1.54) is 19.2 Å². The van der Waals surface area contributed by atoms with E-state index in [4.69, 9.17) is 14.2 Å². The summed E-state index contributed by atoms with van der Waals surface area (Å²) < 4.78 is 54.2. The molecule has 2 aromatic heterocycles. The van der Waals surface area contributed by atoms with Crippen LogP contribution in [-0.2, 0) is 12.8 Å². The van der Waals surface area contributed by atoms with Crippen LogP contribution in [-0.4, -0.2) is 24.2 Å². The van der Waals surface area contributed by atoms with E-state index in [2.05, 4.69) is 9.97 Å². The van der Waals surface area contributed by atoms with Gasteiger partial charge < -0.3 is 14.2 Å². The van der Waals surface area contributed by atoms with E-state index in [-0.39, 0.29) is 6.61 Å². The monoisotopic (exact) mass is 404 g/mol. The highest BCUT2D eigenvalue weighted by Gasteiger charge is 2.29. The van der Waals surface area contributed by atoms with E-state index in [9.17, 15) is 13.2 Å². The van der Waals surface area contributed by atoms with Gasteiger partial charge in [0.25, 0.3) is 0 Å². The fourth-order valence-electron chi connectivity index (χ4n) is 2.73. The van der Waals surface area contributed by atoms with Crippen molar-refractivity contribution in [3.05, 3.63) is 65.4 Å². The molecule has 0 aliphatic heterocycles. The molecular formula is C21H19F3N2O3. The fraction of sp³-hybridized carbons (Fsp3) is 0.238. The summed E-state index contributed by atoms with van der Waals surface area (Å²) in [4.78, 5) is 8.72. The van der Waals surface area contributed by atoms with Crippen molar-refractivity contribution in [1.82, 2.24) is 9.97 Å². The van der Waals surface area contributed by atoms with E-state index < -0.39 is 11.7 Å². The van der Waals surface area contributed by atoms with Crippen LogP contribution in [0.25, 0.3) is 11.3 Å². The zero-order chi connectivity index (χ0) is 21.0.